The number of halogens is 1. The van der Waals surface area contributed by atoms with E-state index >= 15 is 0 Å². The number of aromatic nitrogens is 3. The zero-order valence-corrected chi connectivity index (χ0v) is 21.8. The maximum absolute atomic E-state index is 13.0. The fourth-order valence-electron chi connectivity index (χ4n) is 6.05. The van der Waals surface area contributed by atoms with Gasteiger partial charge in [-0.05, 0) is 48.4 Å². The number of carbonyl (C=O) groups excluding carboxylic acids is 1. The Balaban J connectivity index is 1.16. The van der Waals surface area contributed by atoms with Gasteiger partial charge >= 0.3 is 0 Å². The van der Waals surface area contributed by atoms with Crippen LogP contribution in [0.4, 0.5) is 11.5 Å². The fourth-order valence-corrected chi connectivity index (χ4v) is 6.35. The fraction of sp³-hybridized carbons (Fsp3) is 0.519. The number of rotatable bonds is 5. The van der Waals surface area contributed by atoms with Crippen molar-refractivity contribution in [2.45, 2.75) is 31.7 Å². The third-order valence-corrected chi connectivity index (χ3v) is 8.71. The van der Waals surface area contributed by atoms with Crippen molar-refractivity contribution >= 4 is 39.8 Å². The van der Waals surface area contributed by atoms with E-state index in [9.17, 15) is 4.79 Å². The van der Waals surface area contributed by atoms with Gasteiger partial charge in [-0.3, -0.25) is 14.4 Å². The highest BCUT2D eigenvalue weighted by molar-refractivity contribution is 6.34. The van der Waals surface area contributed by atoms with E-state index in [1.807, 2.05) is 31.6 Å². The molecule has 2 saturated heterocycles. The molecule has 2 aromatic heterocycles. The topological polar surface area (TPSA) is 75.5 Å². The minimum absolute atomic E-state index is 0.0119. The second-order valence-corrected chi connectivity index (χ2v) is 11.2. The smallest absolute Gasteiger partial charge is 0.229 e. The number of benzene rings is 1. The highest BCUT2D eigenvalue weighted by Gasteiger charge is 2.53. The van der Waals surface area contributed by atoms with Crippen LogP contribution >= 0.6 is 11.6 Å². The zero-order chi connectivity index (χ0) is 25.0. The van der Waals surface area contributed by atoms with Gasteiger partial charge in [0.15, 0.2) is 0 Å². The quantitative estimate of drug-likeness (QED) is 0.563. The second-order valence-electron chi connectivity index (χ2n) is 10.8. The first-order chi connectivity index (χ1) is 17.3. The first kappa shape index (κ1) is 23.7. The van der Waals surface area contributed by atoms with Gasteiger partial charge in [0.2, 0.25) is 5.91 Å². The lowest BCUT2D eigenvalue weighted by Gasteiger charge is -2.44. The summed E-state index contributed by atoms with van der Waals surface area (Å²) in [4.78, 5) is 22.4. The molecular formula is C27H33ClN6O2. The minimum Gasteiger partial charge on any atom is -0.379 e. The van der Waals surface area contributed by atoms with Crippen LogP contribution < -0.4 is 10.2 Å². The summed E-state index contributed by atoms with van der Waals surface area (Å²) in [6, 6.07) is 6.06. The predicted molar refractivity (Wildman–Crippen MR) is 142 cm³/mol. The van der Waals surface area contributed by atoms with Crippen LogP contribution in [-0.4, -0.2) is 70.5 Å². The Morgan fingerprint density at radius 1 is 1.17 bits per heavy atom. The van der Waals surface area contributed by atoms with Gasteiger partial charge in [0, 0.05) is 75.0 Å². The number of nitrogens with one attached hydrogen (secondary N) is 1. The number of hydrogen-bond acceptors (Lipinski definition) is 6. The molecule has 1 amide bonds. The van der Waals surface area contributed by atoms with Crippen molar-refractivity contribution in [2.75, 3.05) is 49.6 Å². The second kappa shape index (κ2) is 9.01. The molecule has 3 fully saturated rings. The summed E-state index contributed by atoms with van der Waals surface area (Å²) in [5, 5.41) is 10.0. The molecule has 4 heterocycles. The Morgan fingerprint density at radius 2 is 1.97 bits per heavy atom. The Bertz CT molecular complexity index is 1290. The summed E-state index contributed by atoms with van der Waals surface area (Å²) in [5.74, 6) is 1.02. The molecule has 9 heteroatoms. The molecule has 36 heavy (non-hydrogen) atoms. The number of carbonyl (C=O) groups is 1. The lowest BCUT2D eigenvalue weighted by Crippen LogP contribution is -2.56. The molecule has 1 saturated carbocycles. The van der Waals surface area contributed by atoms with Gasteiger partial charge in [0.05, 0.1) is 23.5 Å². The van der Waals surface area contributed by atoms with Crippen LogP contribution in [0.1, 0.15) is 31.7 Å². The molecule has 1 unspecified atom stereocenters. The van der Waals surface area contributed by atoms with Crippen molar-refractivity contribution < 1.29 is 9.53 Å². The third kappa shape index (κ3) is 4.25. The van der Waals surface area contributed by atoms with E-state index in [0.717, 1.165) is 72.9 Å². The van der Waals surface area contributed by atoms with E-state index in [4.69, 9.17) is 16.3 Å². The van der Waals surface area contributed by atoms with Gasteiger partial charge in [0.25, 0.3) is 0 Å². The van der Waals surface area contributed by atoms with Gasteiger partial charge in [0.1, 0.15) is 5.82 Å². The van der Waals surface area contributed by atoms with E-state index in [1.54, 1.807) is 10.9 Å². The Kier molecular flexibility index (Phi) is 5.93. The minimum atomic E-state index is -0.0594. The summed E-state index contributed by atoms with van der Waals surface area (Å²) >= 11 is 6.71. The number of anilines is 2. The van der Waals surface area contributed by atoms with E-state index in [2.05, 4.69) is 45.1 Å². The van der Waals surface area contributed by atoms with Crippen LogP contribution in [0.2, 0.25) is 5.02 Å². The molecule has 0 radical (unpaired) electrons. The lowest BCUT2D eigenvalue weighted by atomic mass is 9.98. The average molecular weight is 509 g/mol. The van der Waals surface area contributed by atoms with Crippen LogP contribution in [0.3, 0.4) is 0 Å². The molecule has 1 N–H and O–H groups in total. The molecule has 6 rings (SSSR count). The van der Waals surface area contributed by atoms with Gasteiger partial charge in [-0.1, -0.05) is 18.5 Å². The summed E-state index contributed by atoms with van der Waals surface area (Å²) < 4.78 is 7.45. The number of ether oxygens (including phenoxy) is 1. The third-order valence-electron chi connectivity index (χ3n) is 8.41. The highest BCUT2D eigenvalue weighted by Crippen LogP contribution is 2.54. The molecule has 190 valence electrons. The molecule has 2 aliphatic heterocycles. The molecule has 0 bridgehead atoms. The molecule has 8 nitrogen and oxygen atoms in total. The van der Waals surface area contributed by atoms with Crippen LogP contribution in [0, 0.1) is 11.8 Å². The Hall–Kier alpha value is -2.68. The van der Waals surface area contributed by atoms with Crippen LogP contribution in [0.15, 0.2) is 36.8 Å². The Labute approximate surface area is 216 Å². The van der Waals surface area contributed by atoms with Crippen LogP contribution in [-0.2, 0) is 16.6 Å². The number of nitrogens with zero attached hydrogens (tertiary/aromatic N) is 5. The van der Waals surface area contributed by atoms with Gasteiger partial charge in [-0.25, -0.2) is 4.98 Å². The largest absolute Gasteiger partial charge is 0.379 e. The number of fused-ring (bicyclic) bond motifs is 1. The van der Waals surface area contributed by atoms with E-state index in [-0.39, 0.29) is 29.2 Å². The number of hydrogen-bond donors (Lipinski definition) is 1. The van der Waals surface area contributed by atoms with Crippen molar-refractivity contribution in [3.05, 3.63) is 47.4 Å². The number of piperazine rings is 1. The average Bonchev–Trinajstić information content (AvgIpc) is 3.15. The molecular weight excluding hydrogens is 476 g/mol. The van der Waals surface area contributed by atoms with Gasteiger partial charge in [-0.15, -0.1) is 0 Å². The van der Waals surface area contributed by atoms with E-state index in [1.165, 1.54) is 0 Å². The Morgan fingerprint density at radius 3 is 2.67 bits per heavy atom. The van der Waals surface area contributed by atoms with E-state index in [0.29, 0.717) is 5.82 Å². The van der Waals surface area contributed by atoms with E-state index < -0.39 is 0 Å². The first-order valence-corrected chi connectivity index (χ1v) is 13.2. The number of pyridine rings is 1. The maximum atomic E-state index is 13.0. The molecule has 1 aliphatic carbocycles. The predicted octanol–water partition coefficient (Wildman–Crippen LogP) is 3.91. The van der Waals surface area contributed by atoms with Crippen LogP contribution in [0.5, 0.6) is 0 Å². The molecule has 3 aliphatic rings. The van der Waals surface area contributed by atoms with Gasteiger partial charge < -0.3 is 15.0 Å². The molecule has 3 aromatic rings. The summed E-state index contributed by atoms with van der Waals surface area (Å²) in [7, 11) is 1.90. The summed E-state index contributed by atoms with van der Waals surface area (Å²) in [6.45, 7) is 9.91. The van der Waals surface area contributed by atoms with Crippen molar-refractivity contribution in [1.82, 2.24) is 19.7 Å². The highest BCUT2D eigenvalue weighted by atomic mass is 35.5. The first-order valence-electron chi connectivity index (χ1n) is 12.8. The molecule has 0 spiro atoms. The van der Waals surface area contributed by atoms with Crippen molar-refractivity contribution in [2.24, 2.45) is 18.9 Å². The lowest BCUT2D eigenvalue weighted by molar-refractivity contribution is -0.117. The van der Waals surface area contributed by atoms with Crippen molar-refractivity contribution in [3.8, 4) is 0 Å². The molecule has 4 atom stereocenters. The number of aryl methyl sites for hydroxylation is 1. The SMILES string of the molecule is C[C@@H]1[C@@H](C(=O)Nc2cc3cc(N4CCN(C5(C)CCOC5)CC4)c(Cl)cc3cn2)[C@@H]1c1cnn(C)c1. The molecule has 1 aromatic carbocycles. The van der Waals surface area contributed by atoms with Crippen LogP contribution in [0.25, 0.3) is 10.8 Å². The normalized spacial score (nSPS) is 28.6. The monoisotopic (exact) mass is 508 g/mol. The summed E-state index contributed by atoms with van der Waals surface area (Å²) in [5.41, 5.74) is 2.30. The van der Waals surface area contributed by atoms with Gasteiger partial charge in [-0.2, -0.15) is 5.10 Å². The van der Waals surface area contributed by atoms with Crippen molar-refractivity contribution in [3.63, 3.8) is 0 Å². The standard InChI is InChI=1S/C27H33ClN6O2/c1-17-24(20-14-30-32(3)15-20)25(17)26(35)31-23-12-18-11-22(21(28)10-19(18)13-29-23)33-5-7-34(8-6-33)27(2)4-9-36-16-27/h10-15,17,24-25H,4-9,16H2,1-3H3,(H,29,31,35)/t17-,24-,25+,27?/m0/s1. The summed E-state index contributed by atoms with van der Waals surface area (Å²) in [6.07, 6.45) is 6.73. The maximum Gasteiger partial charge on any atom is 0.229 e. The zero-order valence-electron chi connectivity index (χ0n) is 21.1. The number of amides is 1. The van der Waals surface area contributed by atoms with Crippen molar-refractivity contribution in [1.29, 1.82) is 0 Å².